The Balaban J connectivity index is 1.67. The zero-order valence-electron chi connectivity index (χ0n) is 15.5. The third-order valence-corrected chi connectivity index (χ3v) is 4.83. The van der Waals surface area contributed by atoms with Crippen molar-refractivity contribution in [2.45, 2.75) is 31.7 Å². The molecule has 0 unspecified atom stereocenters. The summed E-state index contributed by atoms with van der Waals surface area (Å²) in [6.07, 6.45) is 6.48. The fraction of sp³-hybridized carbons (Fsp3) is 0.526. The van der Waals surface area contributed by atoms with Gasteiger partial charge in [-0.3, -0.25) is 4.90 Å². The molecular weight excluding hydrogens is 332 g/mol. The van der Waals surface area contributed by atoms with Crippen LogP contribution in [-0.2, 0) is 17.8 Å². The van der Waals surface area contributed by atoms with E-state index in [0.29, 0.717) is 6.61 Å². The normalized spacial score (nSPS) is 20.9. The lowest BCUT2D eigenvalue weighted by Crippen LogP contribution is -2.51. The highest BCUT2D eigenvalue weighted by molar-refractivity contribution is 5.46. The lowest BCUT2D eigenvalue weighted by Gasteiger charge is -2.36. The topological polar surface area (TPSA) is 74.8 Å². The fourth-order valence-electron chi connectivity index (χ4n) is 3.32. The zero-order chi connectivity index (χ0) is 18.4. The molecule has 1 fully saturated rings. The van der Waals surface area contributed by atoms with Crippen LogP contribution in [0.4, 0.5) is 0 Å². The minimum atomic E-state index is 0.0694. The predicted molar refractivity (Wildman–Crippen MR) is 99.4 cm³/mol. The van der Waals surface area contributed by atoms with Crippen LogP contribution in [0, 0.1) is 0 Å². The number of rotatable bonds is 8. The van der Waals surface area contributed by atoms with E-state index in [4.69, 9.17) is 19.9 Å². The Labute approximate surface area is 154 Å². The first-order valence-electron chi connectivity index (χ1n) is 8.96. The Morgan fingerprint density at radius 2 is 2.19 bits per heavy atom. The first kappa shape index (κ1) is 18.7. The molecule has 0 bridgehead atoms. The number of imidazole rings is 1. The maximum Gasteiger partial charge on any atom is 0.165 e. The van der Waals surface area contributed by atoms with E-state index in [1.54, 1.807) is 26.7 Å². The van der Waals surface area contributed by atoms with Gasteiger partial charge in [0.1, 0.15) is 6.61 Å². The van der Waals surface area contributed by atoms with Crippen molar-refractivity contribution in [3.63, 3.8) is 0 Å². The van der Waals surface area contributed by atoms with Crippen molar-refractivity contribution in [1.29, 1.82) is 0 Å². The number of ether oxygens (including phenoxy) is 3. The third kappa shape index (κ3) is 4.55. The number of para-hydroxylation sites is 1. The molecular formula is C19H28N4O3. The molecule has 7 heteroatoms. The average Bonchev–Trinajstić information content (AvgIpc) is 3.17. The maximum absolute atomic E-state index is 6.13. The van der Waals surface area contributed by atoms with Crippen molar-refractivity contribution in [2.24, 2.45) is 5.73 Å². The summed E-state index contributed by atoms with van der Waals surface area (Å²) < 4.78 is 19.1. The molecule has 0 aliphatic carbocycles. The van der Waals surface area contributed by atoms with Gasteiger partial charge < -0.3 is 24.5 Å². The van der Waals surface area contributed by atoms with Crippen LogP contribution >= 0.6 is 0 Å². The van der Waals surface area contributed by atoms with E-state index < -0.39 is 0 Å². The number of methoxy groups -OCH3 is 2. The van der Waals surface area contributed by atoms with Crippen LogP contribution in [0.3, 0.4) is 0 Å². The second-order valence-corrected chi connectivity index (χ2v) is 6.56. The Kier molecular flexibility index (Phi) is 6.49. The maximum atomic E-state index is 6.13. The van der Waals surface area contributed by atoms with Crippen LogP contribution in [0.15, 0.2) is 36.9 Å². The van der Waals surface area contributed by atoms with Crippen molar-refractivity contribution in [1.82, 2.24) is 14.5 Å². The molecule has 1 saturated heterocycles. The molecule has 26 heavy (non-hydrogen) atoms. The molecule has 1 aliphatic heterocycles. The first-order valence-corrected chi connectivity index (χ1v) is 8.96. The summed E-state index contributed by atoms with van der Waals surface area (Å²) in [6, 6.07) is 6.12. The van der Waals surface area contributed by atoms with Crippen molar-refractivity contribution < 1.29 is 14.2 Å². The smallest absolute Gasteiger partial charge is 0.165 e. The molecule has 2 N–H and O–H groups in total. The fourth-order valence-corrected chi connectivity index (χ4v) is 3.32. The van der Waals surface area contributed by atoms with E-state index in [9.17, 15) is 0 Å². The van der Waals surface area contributed by atoms with E-state index in [2.05, 4.69) is 16.0 Å². The van der Waals surface area contributed by atoms with Gasteiger partial charge in [-0.15, -0.1) is 0 Å². The Morgan fingerprint density at radius 1 is 1.31 bits per heavy atom. The second-order valence-electron chi connectivity index (χ2n) is 6.56. The molecule has 0 saturated carbocycles. The number of benzene rings is 1. The summed E-state index contributed by atoms with van der Waals surface area (Å²) in [6.45, 7) is 3.84. The van der Waals surface area contributed by atoms with Crippen LogP contribution in [-0.4, -0.2) is 60.5 Å². The van der Waals surface area contributed by atoms with E-state index in [1.807, 2.05) is 22.9 Å². The van der Waals surface area contributed by atoms with E-state index >= 15 is 0 Å². The molecule has 2 heterocycles. The van der Waals surface area contributed by atoms with E-state index in [-0.39, 0.29) is 12.1 Å². The van der Waals surface area contributed by atoms with Crippen molar-refractivity contribution in [3.8, 4) is 11.5 Å². The van der Waals surface area contributed by atoms with Gasteiger partial charge in [-0.05, 0) is 12.5 Å². The number of hydrogen-bond donors (Lipinski definition) is 1. The molecule has 142 valence electrons. The van der Waals surface area contributed by atoms with Gasteiger partial charge in [-0.2, -0.15) is 0 Å². The number of nitrogens with two attached hydrogens (primary N) is 1. The van der Waals surface area contributed by atoms with E-state index in [1.165, 1.54) is 0 Å². The highest BCUT2D eigenvalue weighted by Gasteiger charge is 2.27. The van der Waals surface area contributed by atoms with Gasteiger partial charge in [-0.1, -0.05) is 12.1 Å². The predicted octanol–water partition coefficient (Wildman–Crippen LogP) is 1.52. The lowest BCUT2D eigenvalue weighted by molar-refractivity contribution is 0.0137. The molecule has 1 aromatic heterocycles. The SMILES string of the molecule is COc1cccc(CN2CC[C@H](N)[C@H](OC)C2)c1OCCn1ccnc1. The van der Waals surface area contributed by atoms with Gasteiger partial charge in [-0.25, -0.2) is 4.98 Å². The van der Waals surface area contributed by atoms with Crippen molar-refractivity contribution in [3.05, 3.63) is 42.5 Å². The third-order valence-electron chi connectivity index (χ3n) is 4.83. The number of hydrogen-bond acceptors (Lipinski definition) is 6. The standard InChI is InChI=1S/C19H28N4O3/c1-24-17-5-3-4-15(12-23-8-6-16(20)18(13-23)25-2)19(17)26-11-10-22-9-7-21-14-22/h3-5,7,9,14,16,18H,6,8,10-13,20H2,1-2H3/t16-,18+/m0/s1. The first-order chi connectivity index (χ1) is 12.7. The minimum absolute atomic E-state index is 0.0694. The summed E-state index contributed by atoms with van der Waals surface area (Å²) in [5.41, 5.74) is 7.24. The Hall–Kier alpha value is -2.09. The zero-order valence-corrected chi connectivity index (χ0v) is 15.5. The van der Waals surface area contributed by atoms with Gasteiger partial charge in [0, 0.05) is 50.7 Å². The summed E-state index contributed by atoms with van der Waals surface area (Å²) in [5, 5.41) is 0. The molecule has 1 aliphatic rings. The highest BCUT2D eigenvalue weighted by Crippen LogP contribution is 2.32. The number of nitrogens with zero attached hydrogens (tertiary/aromatic N) is 3. The number of aromatic nitrogens is 2. The van der Waals surface area contributed by atoms with Crippen LogP contribution in [0.1, 0.15) is 12.0 Å². The molecule has 2 atom stereocenters. The van der Waals surface area contributed by atoms with Gasteiger partial charge >= 0.3 is 0 Å². The summed E-state index contributed by atoms with van der Waals surface area (Å²) in [5.74, 6) is 1.56. The molecule has 0 spiro atoms. The Bertz CT molecular complexity index is 677. The molecule has 0 radical (unpaired) electrons. The largest absolute Gasteiger partial charge is 0.493 e. The summed E-state index contributed by atoms with van der Waals surface area (Å²) in [7, 11) is 3.40. The lowest BCUT2D eigenvalue weighted by atomic mass is 10.0. The summed E-state index contributed by atoms with van der Waals surface area (Å²) >= 11 is 0. The van der Waals surface area contributed by atoms with Crippen LogP contribution in [0.2, 0.25) is 0 Å². The van der Waals surface area contributed by atoms with Gasteiger partial charge in [0.15, 0.2) is 11.5 Å². The highest BCUT2D eigenvalue weighted by atomic mass is 16.5. The van der Waals surface area contributed by atoms with Gasteiger partial charge in [0.25, 0.3) is 0 Å². The second kappa shape index (κ2) is 9.02. The monoisotopic (exact) mass is 360 g/mol. The Morgan fingerprint density at radius 3 is 2.92 bits per heavy atom. The number of piperidine rings is 1. The molecule has 3 rings (SSSR count). The van der Waals surface area contributed by atoms with Crippen molar-refractivity contribution >= 4 is 0 Å². The van der Waals surface area contributed by atoms with Crippen LogP contribution < -0.4 is 15.2 Å². The average molecular weight is 360 g/mol. The van der Waals surface area contributed by atoms with Crippen LogP contribution in [0.5, 0.6) is 11.5 Å². The van der Waals surface area contributed by atoms with E-state index in [0.717, 1.165) is 49.7 Å². The summed E-state index contributed by atoms with van der Waals surface area (Å²) in [4.78, 5) is 6.41. The van der Waals surface area contributed by atoms with Crippen molar-refractivity contribution in [2.75, 3.05) is 33.9 Å². The molecule has 7 nitrogen and oxygen atoms in total. The molecule has 0 amide bonds. The van der Waals surface area contributed by atoms with Crippen LogP contribution in [0.25, 0.3) is 0 Å². The van der Waals surface area contributed by atoms with Gasteiger partial charge in [0.05, 0.1) is 26.1 Å². The minimum Gasteiger partial charge on any atom is -0.493 e. The molecule has 1 aromatic carbocycles. The number of likely N-dealkylation sites (tertiary alicyclic amines) is 1. The molecule has 2 aromatic rings. The van der Waals surface area contributed by atoms with Gasteiger partial charge in [0.2, 0.25) is 0 Å². The quantitative estimate of drug-likeness (QED) is 0.769.